The second-order valence-corrected chi connectivity index (χ2v) is 7.47. The molecule has 5 rings (SSSR count). The molecule has 23 heavy (non-hydrogen) atoms. The maximum atomic E-state index is 11.3. The van der Waals surface area contributed by atoms with Crippen molar-refractivity contribution in [3.05, 3.63) is 0 Å². The smallest absolute Gasteiger partial charge is 0.303 e. The minimum absolute atomic E-state index is 0.321. The van der Waals surface area contributed by atoms with Gasteiger partial charge in [-0.25, -0.2) is 0 Å². The summed E-state index contributed by atoms with van der Waals surface area (Å²) in [6.07, 6.45) is -4.33. The van der Waals surface area contributed by atoms with Crippen LogP contribution in [0.1, 0.15) is 34.1 Å². The minimum Gasteiger partial charge on any atom is -0.457 e. The van der Waals surface area contributed by atoms with E-state index < -0.39 is 59.8 Å². The number of hydrogen-bond donors (Lipinski definition) is 2. The van der Waals surface area contributed by atoms with Gasteiger partial charge in [0.1, 0.15) is 47.8 Å². The lowest BCUT2D eigenvalue weighted by atomic mass is 9.71. The fourth-order valence-electron chi connectivity index (χ4n) is 4.41. The van der Waals surface area contributed by atoms with Crippen molar-refractivity contribution in [3.63, 3.8) is 0 Å². The van der Waals surface area contributed by atoms with Crippen LogP contribution in [0.25, 0.3) is 0 Å². The average Bonchev–Trinajstić information content (AvgIpc) is 2.80. The van der Waals surface area contributed by atoms with Crippen LogP contribution in [0.2, 0.25) is 0 Å². The SMILES string of the molecule is CC(=O)OC(C)(C)[C@H]1CC23OC4(C)OC(C2O)[C@@H](O)C(O4)[C@@H]3O1. The van der Waals surface area contributed by atoms with Crippen molar-refractivity contribution >= 4 is 5.97 Å². The molecular weight excluding hydrogens is 308 g/mol. The zero-order chi connectivity index (χ0) is 16.8. The van der Waals surface area contributed by atoms with Gasteiger partial charge in [0.05, 0.1) is 0 Å². The predicted molar refractivity (Wildman–Crippen MR) is 73.1 cm³/mol. The van der Waals surface area contributed by atoms with Crippen molar-refractivity contribution in [2.45, 2.75) is 87.9 Å². The van der Waals surface area contributed by atoms with E-state index in [-0.39, 0.29) is 0 Å². The van der Waals surface area contributed by atoms with Gasteiger partial charge < -0.3 is 33.9 Å². The van der Waals surface area contributed by atoms with Gasteiger partial charge in [-0.05, 0) is 13.8 Å². The summed E-state index contributed by atoms with van der Waals surface area (Å²) in [6.45, 7) is 6.45. The Balaban J connectivity index is 1.69. The molecule has 0 aromatic heterocycles. The largest absolute Gasteiger partial charge is 0.457 e. The number of hydrogen-bond acceptors (Lipinski definition) is 8. The highest BCUT2D eigenvalue weighted by atomic mass is 16.9. The molecule has 4 heterocycles. The molecule has 5 aliphatic rings. The van der Waals surface area contributed by atoms with Crippen LogP contribution in [0.15, 0.2) is 0 Å². The second kappa shape index (κ2) is 4.44. The molecule has 1 spiro atoms. The van der Waals surface area contributed by atoms with Crippen molar-refractivity contribution in [1.29, 1.82) is 0 Å². The van der Waals surface area contributed by atoms with Crippen LogP contribution < -0.4 is 0 Å². The van der Waals surface area contributed by atoms with Gasteiger partial charge in [0.2, 0.25) is 0 Å². The van der Waals surface area contributed by atoms with Gasteiger partial charge in [-0.15, -0.1) is 0 Å². The number of carbonyl (C=O) groups excluding carboxylic acids is 1. The summed E-state index contributed by atoms with van der Waals surface area (Å²) in [5.41, 5.74) is -1.94. The molecule has 5 fully saturated rings. The Morgan fingerprint density at radius 3 is 2.57 bits per heavy atom. The summed E-state index contributed by atoms with van der Waals surface area (Å²) in [5.74, 6) is -1.72. The van der Waals surface area contributed by atoms with Gasteiger partial charge >= 0.3 is 5.97 Å². The van der Waals surface area contributed by atoms with Crippen LogP contribution in [-0.2, 0) is 28.5 Å². The molecule has 8 nitrogen and oxygen atoms in total. The Bertz CT molecular complexity index is 550. The zero-order valence-electron chi connectivity index (χ0n) is 13.5. The van der Waals surface area contributed by atoms with E-state index in [9.17, 15) is 15.0 Å². The van der Waals surface area contributed by atoms with Gasteiger partial charge in [0.25, 0.3) is 5.97 Å². The summed E-state index contributed by atoms with van der Waals surface area (Å²) in [7, 11) is 0. The van der Waals surface area contributed by atoms with E-state index in [0.29, 0.717) is 6.42 Å². The van der Waals surface area contributed by atoms with Gasteiger partial charge in [-0.3, -0.25) is 4.79 Å². The topological polar surface area (TPSA) is 104 Å². The quantitative estimate of drug-likeness (QED) is 0.650. The van der Waals surface area contributed by atoms with Gasteiger partial charge in [0.15, 0.2) is 0 Å². The minimum atomic E-state index is -1.31. The third-order valence-electron chi connectivity index (χ3n) is 5.34. The Kier molecular flexibility index (Phi) is 3.04. The van der Waals surface area contributed by atoms with Gasteiger partial charge in [0, 0.05) is 20.3 Å². The first kappa shape index (κ1) is 15.7. The predicted octanol–water partition coefficient (Wildman–Crippen LogP) is -0.552. The summed E-state index contributed by atoms with van der Waals surface area (Å²) < 4.78 is 28.6. The molecular formula is C15H22O8. The van der Waals surface area contributed by atoms with Gasteiger partial charge in [-0.2, -0.15) is 0 Å². The van der Waals surface area contributed by atoms with Crippen LogP contribution in [-0.4, -0.2) is 70.0 Å². The van der Waals surface area contributed by atoms with Crippen LogP contribution in [0, 0.1) is 0 Å². The van der Waals surface area contributed by atoms with E-state index in [1.165, 1.54) is 6.92 Å². The number of esters is 1. The molecule has 4 saturated heterocycles. The van der Waals surface area contributed by atoms with E-state index in [2.05, 4.69) is 0 Å². The molecule has 130 valence electrons. The zero-order valence-corrected chi connectivity index (χ0v) is 13.5. The molecule has 1 aliphatic carbocycles. The number of aliphatic hydroxyl groups is 2. The highest BCUT2D eigenvalue weighted by Gasteiger charge is 2.76. The third kappa shape index (κ3) is 1.96. The molecule has 4 bridgehead atoms. The maximum absolute atomic E-state index is 11.3. The van der Waals surface area contributed by atoms with Gasteiger partial charge in [-0.1, -0.05) is 0 Å². The van der Waals surface area contributed by atoms with Crippen molar-refractivity contribution in [3.8, 4) is 0 Å². The molecule has 8 atom stereocenters. The van der Waals surface area contributed by atoms with E-state index in [4.69, 9.17) is 23.7 Å². The Hall–Kier alpha value is -0.770. The second-order valence-electron chi connectivity index (χ2n) is 7.47. The number of ether oxygens (including phenoxy) is 5. The molecule has 0 amide bonds. The van der Waals surface area contributed by atoms with E-state index in [1.54, 1.807) is 20.8 Å². The van der Waals surface area contributed by atoms with Crippen LogP contribution in [0.3, 0.4) is 0 Å². The number of carbonyl (C=O) groups is 1. The normalized spacial score (nSPS) is 54.2. The van der Waals surface area contributed by atoms with Crippen LogP contribution in [0.5, 0.6) is 0 Å². The van der Waals surface area contributed by atoms with Crippen molar-refractivity contribution < 1.29 is 38.7 Å². The highest BCUT2D eigenvalue weighted by molar-refractivity contribution is 5.66. The van der Waals surface area contributed by atoms with E-state index >= 15 is 0 Å². The Morgan fingerprint density at radius 1 is 1.26 bits per heavy atom. The summed E-state index contributed by atoms with van der Waals surface area (Å²) in [5, 5.41) is 21.0. The molecule has 2 N–H and O–H groups in total. The lowest BCUT2D eigenvalue weighted by molar-refractivity contribution is -0.548. The average molecular weight is 330 g/mol. The first-order valence-electron chi connectivity index (χ1n) is 7.85. The van der Waals surface area contributed by atoms with Crippen molar-refractivity contribution in [2.75, 3.05) is 0 Å². The standard InChI is InChI=1S/C15H22O8/c1-6(16)20-13(2,3)7-5-15-11(18)9-8(17)10(12(15)19-7)22-14(4,21-9)23-15/h7-12,17-18H,5H2,1-4H3/t7-,8-,9?,10?,11?,12+,14?,15?/m1/s1. The first-order valence-corrected chi connectivity index (χ1v) is 7.85. The summed E-state index contributed by atoms with van der Waals surface area (Å²) in [4.78, 5) is 11.3. The lowest BCUT2D eigenvalue weighted by Gasteiger charge is -2.63. The van der Waals surface area contributed by atoms with E-state index in [1.807, 2.05) is 0 Å². The van der Waals surface area contributed by atoms with Crippen LogP contribution >= 0.6 is 0 Å². The molecule has 8 heteroatoms. The Labute approximate surface area is 133 Å². The molecule has 4 aliphatic heterocycles. The summed E-state index contributed by atoms with van der Waals surface area (Å²) in [6, 6.07) is 0. The maximum Gasteiger partial charge on any atom is 0.303 e. The lowest BCUT2D eigenvalue weighted by Crippen LogP contribution is -2.82. The fourth-order valence-corrected chi connectivity index (χ4v) is 4.41. The summed E-state index contributed by atoms with van der Waals surface area (Å²) >= 11 is 0. The monoisotopic (exact) mass is 330 g/mol. The molecule has 5 unspecified atom stereocenters. The molecule has 0 radical (unpaired) electrons. The third-order valence-corrected chi connectivity index (χ3v) is 5.34. The van der Waals surface area contributed by atoms with Crippen molar-refractivity contribution in [2.24, 2.45) is 0 Å². The fraction of sp³-hybridized carbons (Fsp3) is 0.933. The highest BCUT2D eigenvalue weighted by Crippen LogP contribution is 2.57. The number of rotatable bonds is 2. The Morgan fingerprint density at radius 2 is 1.91 bits per heavy atom. The molecule has 0 aromatic rings. The molecule has 0 aromatic carbocycles. The first-order chi connectivity index (χ1) is 10.6. The van der Waals surface area contributed by atoms with E-state index in [0.717, 1.165) is 0 Å². The number of aliphatic hydroxyl groups excluding tert-OH is 2. The molecule has 1 saturated carbocycles. The van der Waals surface area contributed by atoms with Crippen LogP contribution in [0.4, 0.5) is 0 Å². The van der Waals surface area contributed by atoms with Crippen molar-refractivity contribution in [1.82, 2.24) is 0 Å².